The first kappa shape index (κ1) is 8.97. The zero-order valence-corrected chi connectivity index (χ0v) is 7.42. The summed E-state index contributed by atoms with van der Waals surface area (Å²) < 4.78 is 23.5. The predicted molar refractivity (Wildman–Crippen MR) is 46.0 cm³/mol. The molecule has 0 saturated heterocycles. The average molecular weight is 193 g/mol. The van der Waals surface area contributed by atoms with Crippen LogP contribution in [0, 0.1) is 17.1 Å². The van der Waals surface area contributed by atoms with Gasteiger partial charge in [-0.25, -0.2) is 4.39 Å². The second kappa shape index (κ2) is 3.64. The molecule has 0 fully saturated rings. The molecule has 0 saturated carbocycles. The van der Waals surface area contributed by atoms with E-state index in [1.54, 1.807) is 6.07 Å². The Balaban J connectivity index is 2.50. The molecule has 0 atom stereocenters. The van der Waals surface area contributed by atoms with E-state index in [1.165, 1.54) is 6.07 Å². The maximum atomic E-state index is 13.3. The van der Waals surface area contributed by atoms with Gasteiger partial charge in [0.05, 0.1) is 19.1 Å². The van der Waals surface area contributed by atoms with Crippen LogP contribution in [0.5, 0.6) is 5.75 Å². The lowest BCUT2D eigenvalue weighted by Gasteiger charge is -2.19. The Kier molecular flexibility index (Phi) is 2.33. The van der Waals surface area contributed by atoms with Gasteiger partial charge in [-0.3, -0.25) is 0 Å². The molecule has 1 aromatic carbocycles. The lowest BCUT2D eigenvalue weighted by atomic mass is 10.0. The van der Waals surface area contributed by atoms with Gasteiger partial charge in [0.2, 0.25) is 0 Å². The highest BCUT2D eigenvalue weighted by molar-refractivity contribution is 5.42. The van der Waals surface area contributed by atoms with E-state index in [-0.39, 0.29) is 19.0 Å². The Morgan fingerprint density at radius 2 is 2.36 bits per heavy atom. The summed E-state index contributed by atoms with van der Waals surface area (Å²) in [6, 6.07) is 4.80. The minimum Gasteiger partial charge on any atom is -0.467 e. The minimum absolute atomic E-state index is 0.0434. The quantitative estimate of drug-likeness (QED) is 0.682. The van der Waals surface area contributed by atoms with Crippen LogP contribution in [0.25, 0.3) is 0 Å². The zero-order valence-electron chi connectivity index (χ0n) is 7.42. The molecular weight excluding hydrogens is 185 g/mol. The van der Waals surface area contributed by atoms with Crippen molar-refractivity contribution >= 4 is 0 Å². The number of hydrogen-bond acceptors (Lipinski definition) is 3. The van der Waals surface area contributed by atoms with E-state index in [2.05, 4.69) is 0 Å². The number of nitrogens with zero attached hydrogens (tertiary/aromatic N) is 1. The molecule has 0 unspecified atom stereocenters. The van der Waals surface area contributed by atoms with Crippen molar-refractivity contribution in [3.63, 3.8) is 0 Å². The maximum Gasteiger partial charge on any atom is 0.189 e. The van der Waals surface area contributed by atoms with Crippen molar-refractivity contribution in [2.75, 3.05) is 6.79 Å². The van der Waals surface area contributed by atoms with Crippen LogP contribution >= 0.6 is 0 Å². The lowest BCUT2D eigenvalue weighted by molar-refractivity contribution is -0.0170. The van der Waals surface area contributed by atoms with E-state index in [1.807, 2.05) is 6.07 Å². The highest BCUT2D eigenvalue weighted by Crippen LogP contribution is 2.28. The smallest absolute Gasteiger partial charge is 0.189 e. The van der Waals surface area contributed by atoms with E-state index in [9.17, 15) is 4.39 Å². The summed E-state index contributed by atoms with van der Waals surface area (Å²) in [5.41, 5.74) is 1.03. The van der Waals surface area contributed by atoms with Gasteiger partial charge in [0.25, 0.3) is 0 Å². The molecule has 1 aliphatic rings. The van der Waals surface area contributed by atoms with Gasteiger partial charge in [0, 0.05) is 11.1 Å². The van der Waals surface area contributed by atoms with Crippen molar-refractivity contribution in [3.8, 4) is 11.8 Å². The summed E-state index contributed by atoms with van der Waals surface area (Å²) in [7, 11) is 0. The van der Waals surface area contributed by atoms with Gasteiger partial charge in [-0.05, 0) is 12.1 Å². The molecule has 1 aliphatic heterocycles. The second-order valence-electron chi connectivity index (χ2n) is 2.95. The van der Waals surface area contributed by atoms with Gasteiger partial charge in [-0.1, -0.05) is 0 Å². The van der Waals surface area contributed by atoms with E-state index in [0.29, 0.717) is 23.5 Å². The van der Waals surface area contributed by atoms with Crippen LogP contribution in [0.3, 0.4) is 0 Å². The monoisotopic (exact) mass is 193 g/mol. The highest BCUT2D eigenvalue weighted by Gasteiger charge is 2.17. The molecule has 0 aliphatic carbocycles. The Labute approximate surface area is 80.7 Å². The number of rotatable bonds is 1. The third kappa shape index (κ3) is 1.42. The fourth-order valence-electron chi connectivity index (χ4n) is 1.46. The molecule has 1 heterocycles. The molecule has 0 amide bonds. The summed E-state index contributed by atoms with van der Waals surface area (Å²) in [6.45, 7) is 0.495. The largest absolute Gasteiger partial charge is 0.467 e. The van der Waals surface area contributed by atoms with Crippen molar-refractivity contribution in [1.82, 2.24) is 0 Å². The molecule has 0 spiro atoms. The fraction of sp³-hybridized carbons (Fsp3) is 0.300. The normalized spacial score (nSPS) is 14.0. The molecule has 0 radical (unpaired) electrons. The molecule has 3 nitrogen and oxygen atoms in total. The van der Waals surface area contributed by atoms with Gasteiger partial charge in [0.15, 0.2) is 6.79 Å². The third-order valence-corrected chi connectivity index (χ3v) is 2.13. The number of nitriles is 1. The first-order chi connectivity index (χ1) is 6.83. The van der Waals surface area contributed by atoms with Gasteiger partial charge in [-0.15, -0.1) is 0 Å². The zero-order chi connectivity index (χ0) is 9.97. The maximum absolute atomic E-state index is 13.3. The predicted octanol–water partition coefficient (Wildman–Crippen LogP) is 1.76. The molecule has 1 aromatic rings. The van der Waals surface area contributed by atoms with Crippen LogP contribution in [0.2, 0.25) is 0 Å². The Bertz CT molecular complexity index is 398. The molecule has 2 rings (SSSR count). The molecule has 72 valence electrons. The Morgan fingerprint density at radius 1 is 1.50 bits per heavy atom. The van der Waals surface area contributed by atoms with Gasteiger partial charge < -0.3 is 9.47 Å². The Morgan fingerprint density at radius 3 is 3.14 bits per heavy atom. The molecular formula is C10H8FNO2. The second-order valence-corrected chi connectivity index (χ2v) is 2.95. The van der Waals surface area contributed by atoms with Gasteiger partial charge >= 0.3 is 0 Å². The van der Waals surface area contributed by atoms with Crippen LogP contribution in [0.1, 0.15) is 11.1 Å². The molecule has 0 bridgehead atoms. The number of benzene rings is 1. The minimum atomic E-state index is -0.376. The SMILES string of the molecule is N#CCc1c(F)ccc2c1COCO2. The van der Waals surface area contributed by atoms with E-state index < -0.39 is 0 Å². The van der Waals surface area contributed by atoms with Crippen LogP contribution in [0.15, 0.2) is 12.1 Å². The summed E-state index contributed by atoms with van der Waals surface area (Å²) in [6.07, 6.45) is 0.0434. The number of fused-ring (bicyclic) bond motifs is 1. The summed E-state index contributed by atoms with van der Waals surface area (Å²) in [5.74, 6) is 0.238. The summed E-state index contributed by atoms with van der Waals surface area (Å²) in [5, 5.41) is 8.55. The van der Waals surface area contributed by atoms with Crippen LogP contribution in [0.4, 0.5) is 4.39 Å². The topological polar surface area (TPSA) is 42.2 Å². The fourth-order valence-corrected chi connectivity index (χ4v) is 1.46. The number of ether oxygens (including phenoxy) is 2. The standard InChI is InChI=1S/C10H8FNO2/c11-9-1-2-10-8(5-13-6-14-10)7(9)3-4-12/h1-2H,3,5-6H2. The highest BCUT2D eigenvalue weighted by atomic mass is 19.1. The van der Waals surface area contributed by atoms with Gasteiger partial charge in [0.1, 0.15) is 11.6 Å². The molecule has 0 N–H and O–H groups in total. The van der Waals surface area contributed by atoms with Crippen LogP contribution < -0.4 is 4.74 Å². The average Bonchev–Trinajstić information content (AvgIpc) is 2.23. The molecule has 14 heavy (non-hydrogen) atoms. The van der Waals surface area contributed by atoms with Crippen molar-refractivity contribution in [2.45, 2.75) is 13.0 Å². The Hall–Kier alpha value is -1.60. The van der Waals surface area contributed by atoms with E-state index in [0.717, 1.165) is 0 Å². The van der Waals surface area contributed by atoms with Crippen molar-refractivity contribution < 1.29 is 13.9 Å². The lowest BCUT2D eigenvalue weighted by Crippen LogP contribution is -2.14. The van der Waals surface area contributed by atoms with Crippen molar-refractivity contribution in [1.29, 1.82) is 5.26 Å². The molecule has 4 heteroatoms. The van der Waals surface area contributed by atoms with Crippen molar-refractivity contribution in [2.24, 2.45) is 0 Å². The summed E-state index contributed by atoms with van der Waals surface area (Å²) in [4.78, 5) is 0. The number of hydrogen-bond donors (Lipinski definition) is 0. The third-order valence-electron chi connectivity index (χ3n) is 2.13. The van der Waals surface area contributed by atoms with Crippen LogP contribution in [-0.4, -0.2) is 6.79 Å². The van der Waals surface area contributed by atoms with E-state index >= 15 is 0 Å². The first-order valence-corrected chi connectivity index (χ1v) is 4.20. The van der Waals surface area contributed by atoms with Crippen LogP contribution in [-0.2, 0) is 17.8 Å². The van der Waals surface area contributed by atoms with Gasteiger partial charge in [-0.2, -0.15) is 5.26 Å². The first-order valence-electron chi connectivity index (χ1n) is 4.20. The van der Waals surface area contributed by atoms with E-state index in [4.69, 9.17) is 14.7 Å². The summed E-state index contributed by atoms with van der Waals surface area (Å²) >= 11 is 0. The molecule has 0 aromatic heterocycles. The number of halogens is 1. The van der Waals surface area contributed by atoms with Crippen molar-refractivity contribution in [3.05, 3.63) is 29.1 Å².